The number of anilines is 3. The highest BCUT2D eigenvalue weighted by atomic mass is 32.2. The monoisotopic (exact) mass is 897 g/mol. The third kappa shape index (κ3) is 4.87. The summed E-state index contributed by atoms with van der Waals surface area (Å²) >= 11 is 0. The Bertz CT molecular complexity index is 4010. The molecule has 0 saturated carbocycles. The molecular weight excluding hydrogens is 851 g/mol. The van der Waals surface area contributed by atoms with E-state index in [1.807, 2.05) is 24.3 Å². The smallest absolute Gasteiger partial charge is 0.208 e. The van der Waals surface area contributed by atoms with E-state index in [9.17, 15) is 8.42 Å². The molecule has 0 saturated heterocycles. The SMILES string of the molecule is CC1(C)c2cc(N(c3ccccc3)c3ccc4c(c3)C(C)(C)c3c-4c4c(c5c3C(C)(C)c3ccccc3-5)S(=O)(=O)c3ccccc3-4)ccc2-c2c1cc(-c1ccccc1)c1oc3ccccc3c21. The van der Waals surface area contributed by atoms with Gasteiger partial charge >= 0.3 is 0 Å². The van der Waals surface area contributed by atoms with Gasteiger partial charge in [0.1, 0.15) is 11.2 Å². The Morgan fingerprint density at radius 3 is 1.72 bits per heavy atom. The highest BCUT2D eigenvalue weighted by Crippen LogP contribution is 2.67. The van der Waals surface area contributed by atoms with Crippen LogP contribution in [-0.4, -0.2) is 8.42 Å². The highest BCUT2D eigenvalue weighted by Gasteiger charge is 2.52. The third-order valence-electron chi connectivity index (χ3n) is 16.1. The first-order valence-electron chi connectivity index (χ1n) is 23.7. The van der Waals surface area contributed by atoms with Gasteiger partial charge in [-0.3, -0.25) is 0 Å². The fourth-order valence-corrected chi connectivity index (χ4v) is 14.9. The zero-order chi connectivity index (χ0) is 46.2. The summed E-state index contributed by atoms with van der Waals surface area (Å²) in [6.07, 6.45) is 0. The minimum absolute atomic E-state index is 0.331. The maximum Gasteiger partial charge on any atom is 0.208 e. The molecule has 5 heteroatoms. The predicted octanol–water partition coefficient (Wildman–Crippen LogP) is 16.5. The minimum atomic E-state index is -3.82. The first-order chi connectivity index (χ1) is 32.8. The molecule has 4 nitrogen and oxygen atoms in total. The second-order valence-electron chi connectivity index (χ2n) is 20.8. The summed E-state index contributed by atoms with van der Waals surface area (Å²) in [5, 5.41) is 2.29. The van der Waals surface area contributed by atoms with E-state index in [4.69, 9.17) is 4.42 Å². The van der Waals surface area contributed by atoms with Gasteiger partial charge in [-0.2, -0.15) is 0 Å². The van der Waals surface area contributed by atoms with Gasteiger partial charge in [0, 0.05) is 66.3 Å². The lowest BCUT2D eigenvalue weighted by Gasteiger charge is -2.32. The molecule has 0 atom stereocenters. The molecule has 0 fully saturated rings. The standard InChI is InChI=1S/C63H47NO3S/c1-61(2)47-33-38(29-31-41(47)52-49(61)35-45(36-19-9-7-10-20-36)59-54(52)43-24-14-17-27-50(43)67-59)64(37-21-11-8-12-22-37)39-30-32-42-48(34-39)63(5,6)57-53(42)55-44-25-15-18-28-51(44)68(65,66)60(55)56-40-23-13-16-26-46(40)62(3,4)58(56)57/h7-35H,1-6H3. The van der Waals surface area contributed by atoms with Crippen molar-refractivity contribution in [1.29, 1.82) is 0 Å². The summed E-state index contributed by atoms with van der Waals surface area (Å²) < 4.78 is 36.7. The third-order valence-corrected chi connectivity index (χ3v) is 18.0. The molecule has 0 bridgehead atoms. The number of hydrogen-bond donors (Lipinski definition) is 0. The topological polar surface area (TPSA) is 50.5 Å². The fraction of sp³-hybridized carbons (Fsp3) is 0.143. The number of benzene rings is 9. The van der Waals surface area contributed by atoms with Crippen molar-refractivity contribution in [3.05, 3.63) is 209 Å². The van der Waals surface area contributed by atoms with E-state index in [-0.39, 0.29) is 5.41 Å². The molecule has 14 rings (SSSR count). The second kappa shape index (κ2) is 13.2. The quantitative estimate of drug-likeness (QED) is 0.177. The Labute approximate surface area is 397 Å². The summed E-state index contributed by atoms with van der Waals surface area (Å²) in [5.41, 5.74) is 21.4. The van der Waals surface area contributed by atoms with Crippen molar-refractivity contribution < 1.29 is 12.8 Å². The molecule has 0 unspecified atom stereocenters. The van der Waals surface area contributed by atoms with Crippen molar-refractivity contribution in [3.63, 3.8) is 0 Å². The summed E-state index contributed by atoms with van der Waals surface area (Å²) in [5.74, 6) is 0. The Morgan fingerprint density at radius 1 is 0.426 bits per heavy atom. The van der Waals surface area contributed by atoms with Crippen molar-refractivity contribution in [3.8, 4) is 55.6 Å². The van der Waals surface area contributed by atoms with Crippen LogP contribution in [0.5, 0.6) is 0 Å². The number of sulfone groups is 1. The molecule has 328 valence electrons. The summed E-state index contributed by atoms with van der Waals surface area (Å²) in [4.78, 5) is 3.25. The maximum atomic E-state index is 15.0. The molecule has 0 N–H and O–H groups in total. The molecule has 4 aliphatic rings. The van der Waals surface area contributed by atoms with Crippen LogP contribution in [0.15, 0.2) is 190 Å². The van der Waals surface area contributed by atoms with E-state index >= 15 is 0 Å². The van der Waals surface area contributed by atoms with Crippen LogP contribution in [0, 0.1) is 0 Å². The van der Waals surface area contributed by atoms with E-state index in [1.54, 1.807) is 6.07 Å². The summed E-state index contributed by atoms with van der Waals surface area (Å²) in [6, 6.07) is 62.1. The van der Waals surface area contributed by atoms with E-state index in [2.05, 4.69) is 192 Å². The summed E-state index contributed by atoms with van der Waals surface area (Å²) in [7, 11) is -3.82. The highest BCUT2D eigenvalue weighted by molar-refractivity contribution is 7.92. The largest absolute Gasteiger partial charge is 0.455 e. The number of rotatable bonds is 4. The first kappa shape index (κ1) is 39.7. The van der Waals surface area contributed by atoms with Crippen molar-refractivity contribution in [2.45, 2.75) is 67.6 Å². The summed E-state index contributed by atoms with van der Waals surface area (Å²) in [6.45, 7) is 14.0. The average molecular weight is 898 g/mol. The van der Waals surface area contributed by atoms with Crippen molar-refractivity contribution in [1.82, 2.24) is 0 Å². The number of fused-ring (bicyclic) bond motifs is 19. The predicted molar refractivity (Wildman–Crippen MR) is 277 cm³/mol. The Kier molecular flexibility index (Phi) is 7.67. The molecule has 1 aromatic heterocycles. The number of furan rings is 1. The van der Waals surface area contributed by atoms with Gasteiger partial charge in [-0.1, -0.05) is 163 Å². The molecule has 0 radical (unpaired) electrons. The van der Waals surface area contributed by atoms with Crippen LogP contribution in [-0.2, 0) is 26.1 Å². The van der Waals surface area contributed by atoms with Crippen LogP contribution in [0.1, 0.15) is 74.9 Å². The number of hydrogen-bond acceptors (Lipinski definition) is 4. The van der Waals surface area contributed by atoms with Gasteiger partial charge in [0.15, 0.2) is 0 Å². The lowest BCUT2D eigenvalue weighted by atomic mass is 9.71. The Hall–Kier alpha value is -7.47. The normalized spacial score (nSPS) is 16.4. The molecule has 10 aromatic rings. The van der Waals surface area contributed by atoms with Gasteiger partial charge in [-0.25, -0.2) is 8.42 Å². The second-order valence-corrected chi connectivity index (χ2v) is 22.6. The lowest BCUT2D eigenvalue weighted by Crippen LogP contribution is -2.25. The minimum Gasteiger partial charge on any atom is -0.455 e. The van der Waals surface area contributed by atoms with Crippen LogP contribution < -0.4 is 4.90 Å². The lowest BCUT2D eigenvalue weighted by molar-refractivity contribution is 0.594. The van der Waals surface area contributed by atoms with Crippen molar-refractivity contribution >= 4 is 48.8 Å². The first-order valence-corrected chi connectivity index (χ1v) is 25.2. The van der Waals surface area contributed by atoms with Crippen molar-refractivity contribution in [2.24, 2.45) is 0 Å². The van der Waals surface area contributed by atoms with Gasteiger partial charge < -0.3 is 9.32 Å². The Morgan fingerprint density at radius 2 is 0.985 bits per heavy atom. The molecule has 68 heavy (non-hydrogen) atoms. The average Bonchev–Trinajstić information content (AvgIpc) is 4.05. The fourth-order valence-electron chi connectivity index (χ4n) is 13.0. The molecule has 2 heterocycles. The van der Waals surface area contributed by atoms with Crippen LogP contribution in [0.3, 0.4) is 0 Å². The zero-order valence-corrected chi connectivity index (χ0v) is 39.6. The molecule has 0 amide bonds. The van der Waals surface area contributed by atoms with Crippen LogP contribution in [0.2, 0.25) is 0 Å². The van der Waals surface area contributed by atoms with Gasteiger partial charge in [0.05, 0.1) is 9.79 Å². The number of nitrogens with zero attached hydrogens (tertiary/aromatic N) is 1. The van der Waals surface area contributed by atoms with E-state index in [1.165, 1.54) is 38.9 Å². The Balaban J connectivity index is 0.988. The van der Waals surface area contributed by atoms with Crippen LogP contribution in [0.25, 0.3) is 77.6 Å². The molecule has 0 spiro atoms. The molecule has 9 aromatic carbocycles. The van der Waals surface area contributed by atoms with Gasteiger partial charge in [-0.15, -0.1) is 0 Å². The van der Waals surface area contributed by atoms with Crippen LogP contribution in [0.4, 0.5) is 17.1 Å². The van der Waals surface area contributed by atoms with Gasteiger partial charge in [0.25, 0.3) is 0 Å². The van der Waals surface area contributed by atoms with E-state index in [0.29, 0.717) is 9.79 Å². The van der Waals surface area contributed by atoms with Gasteiger partial charge in [-0.05, 0) is 121 Å². The van der Waals surface area contributed by atoms with Crippen LogP contribution >= 0.6 is 0 Å². The maximum absolute atomic E-state index is 15.0. The zero-order valence-electron chi connectivity index (χ0n) is 38.8. The van der Waals surface area contributed by atoms with E-state index in [0.717, 1.165) is 89.1 Å². The number of para-hydroxylation sites is 2. The van der Waals surface area contributed by atoms with E-state index < -0.39 is 20.7 Å². The van der Waals surface area contributed by atoms with Crippen molar-refractivity contribution in [2.75, 3.05) is 4.90 Å². The molecular formula is C63H47NO3S. The molecule has 3 aliphatic carbocycles. The molecule has 1 aliphatic heterocycles. The van der Waals surface area contributed by atoms with Gasteiger partial charge in [0.2, 0.25) is 9.84 Å².